The Morgan fingerprint density at radius 3 is 2.68 bits per heavy atom. The molecule has 0 saturated carbocycles. The van der Waals surface area contributed by atoms with E-state index >= 15 is 0 Å². The average Bonchev–Trinajstić information content (AvgIpc) is 3.14. The second-order valence-corrected chi connectivity index (χ2v) is 8.90. The molecule has 0 radical (unpaired) electrons. The number of pyridine rings is 1. The maximum atomic E-state index is 4.62. The lowest BCUT2D eigenvalue weighted by atomic mass is 10.1. The van der Waals surface area contributed by atoms with Gasteiger partial charge in [0.1, 0.15) is 0 Å². The predicted molar refractivity (Wildman–Crippen MR) is 120 cm³/mol. The molecule has 142 valence electrons. The van der Waals surface area contributed by atoms with Crippen molar-refractivity contribution >= 4 is 34.6 Å². The highest BCUT2D eigenvalue weighted by atomic mass is 32.2. The molecule has 0 fully saturated rings. The van der Waals surface area contributed by atoms with Gasteiger partial charge >= 0.3 is 0 Å². The number of imidazole rings is 1. The molecule has 0 aliphatic carbocycles. The smallest absolute Gasteiger partial charge is 0.166 e. The number of nitrogens with one attached hydrogen (secondary N) is 1. The highest BCUT2D eigenvalue weighted by Gasteiger charge is 2.05. The first kappa shape index (κ1) is 19.1. The summed E-state index contributed by atoms with van der Waals surface area (Å²) < 4.78 is 0. The molecule has 5 heteroatoms. The van der Waals surface area contributed by atoms with E-state index in [9.17, 15) is 0 Å². The van der Waals surface area contributed by atoms with Crippen molar-refractivity contribution < 1.29 is 0 Å². The van der Waals surface area contributed by atoms with Gasteiger partial charge in [0.05, 0.1) is 16.7 Å². The second kappa shape index (κ2) is 9.30. The Morgan fingerprint density at radius 1 is 0.964 bits per heavy atom. The van der Waals surface area contributed by atoms with Crippen molar-refractivity contribution in [2.45, 2.75) is 35.6 Å². The Kier molecular flexibility index (Phi) is 6.34. The Balaban J connectivity index is 1.27. The van der Waals surface area contributed by atoms with Crippen LogP contribution >= 0.6 is 23.5 Å². The maximum absolute atomic E-state index is 4.62. The first-order valence-electron chi connectivity index (χ1n) is 9.47. The summed E-state index contributed by atoms with van der Waals surface area (Å²) in [6.07, 6.45) is 4.23. The van der Waals surface area contributed by atoms with E-state index in [1.165, 1.54) is 22.4 Å². The Hall–Kier alpha value is -2.24. The molecule has 3 nitrogen and oxygen atoms in total. The van der Waals surface area contributed by atoms with Crippen molar-refractivity contribution in [1.29, 1.82) is 0 Å². The molecule has 4 aromatic rings. The quantitative estimate of drug-likeness (QED) is 0.276. The molecule has 0 amide bonds. The van der Waals surface area contributed by atoms with Crippen molar-refractivity contribution in [2.24, 2.45) is 0 Å². The molecule has 2 aromatic carbocycles. The average molecular weight is 406 g/mol. The molecule has 0 spiro atoms. The van der Waals surface area contributed by atoms with Crippen LogP contribution in [-0.2, 0) is 12.2 Å². The van der Waals surface area contributed by atoms with Crippen LogP contribution in [0.3, 0.4) is 0 Å². The minimum absolute atomic E-state index is 0.817. The van der Waals surface area contributed by atoms with Crippen LogP contribution in [0.1, 0.15) is 23.2 Å². The van der Waals surface area contributed by atoms with Gasteiger partial charge in [-0.15, -0.1) is 11.8 Å². The highest BCUT2D eigenvalue weighted by Crippen LogP contribution is 2.25. The number of nitrogens with zero attached hydrogens (tertiary/aromatic N) is 2. The molecule has 0 aliphatic rings. The van der Waals surface area contributed by atoms with E-state index in [4.69, 9.17) is 0 Å². The number of fused-ring (bicyclic) bond motifs is 1. The normalized spacial score (nSPS) is 11.2. The molecule has 4 rings (SSSR count). The Morgan fingerprint density at radius 2 is 1.82 bits per heavy atom. The third kappa shape index (κ3) is 5.18. The number of hydrogen-bond acceptors (Lipinski definition) is 4. The minimum Gasteiger partial charge on any atom is -0.333 e. The SMILES string of the molecule is Cc1ccc(CCCSc2ccnc(CSc3nc4ccccc4[nH]3)c2)cc1. The van der Waals surface area contributed by atoms with Crippen LogP contribution < -0.4 is 0 Å². The molecule has 0 saturated heterocycles. The van der Waals surface area contributed by atoms with Gasteiger partial charge in [-0.3, -0.25) is 4.98 Å². The van der Waals surface area contributed by atoms with Crippen LogP contribution in [-0.4, -0.2) is 20.7 Å². The summed E-state index contributed by atoms with van der Waals surface area (Å²) in [4.78, 5) is 13.8. The summed E-state index contributed by atoms with van der Waals surface area (Å²) in [5.74, 6) is 1.94. The van der Waals surface area contributed by atoms with Gasteiger partial charge in [0.25, 0.3) is 0 Å². The number of aryl methyl sites for hydroxylation is 2. The van der Waals surface area contributed by atoms with E-state index in [1.807, 2.05) is 36.2 Å². The van der Waals surface area contributed by atoms with E-state index in [0.717, 1.165) is 39.8 Å². The number of H-pyrrole nitrogens is 1. The molecule has 2 aromatic heterocycles. The van der Waals surface area contributed by atoms with Gasteiger partial charge in [-0.1, -0.05) is 53.7 Å². The molecular weight excluding hydrogens is 382 g/mol. The van der Waals surface area contributed by atoms with Gasteiger partial charge in [-0.25, -0.2) is 4.98 Å². The molecule has 0 bridgehead atoms. The third-order valence-electron chi connectivity index (χ3n) is 4.51. The van der Waals surface area contributed by atoms with Gasteiger partial charge in [0.15, 0.2) is 5.16 Å². The van der Waals surface area contributed by atoms with E-state index < -0.39 is 0 Å². The van der Waals surface area contributed by atoms with Crippen LogP contribution in [0.5, 0.6) is 0 Å². The van der Waals surface area contributed by atoms with E-state index in [-0.39, 0.29) is 0 Å². The monoisotopic (exact) mass is 405 g/mol. The second-order valence-electron chi connectivity index (χ2n) is 6.77. The fourth-order valence-electron chi connectivity index (χ4n) is 2.99. The number of aromatic amines is 1. The Bertz CT molecular complexity index is 1010. The van der Waals surface area contributed by atoms with Crippen molar-refractivity contribution in [1.82, 2.24) is 15.0 Å². The number of aromatic nitrogens is 3. The number of thioether (sulfide) groups is 2. The fourth-order valence-corrected chi connectivity index (χ4v) is 4.67. The van der Waals surface area contributed by atoms with E-state index in [0.29, 0.717) is 0 Å². The van der Waals surface area contributed by atoms with Crippen LogP contribution in [0.2, 0.25) is 0 Å². The minimum atomic E-state index is 0.817. The lowest BCUT2D eigenvalue weighted by Gasteiger charge is -2.05. The van der Waals surface area contributed by atoms with Crippen molar-refractivity contribution in [2.75, 3.05) is 5.75 Å². The summed E-state index contributed by atoms with van der Waals surface area (Å²) in [5.41, 5.74) is 5.92. The Labute approximate surface area is 174 Å². The highest BCUT2D eigenvalue weighted by molar-refractivity contribution is 7.99. The van der Waals surface area contributed by atoms with Gasteiger partial charge in [0.2, 0.25) is 0 Å². The lowest BCUT2D eigenvalue weighted by Crippen LogP contribution is -1.90. The van der Waals surface area contributed by atoms with Crippen LogP contribution in [0.25, 0.3) is 11.0 Å². The summed E-state index contributed by atoms with van der Waals surface area (Å²) in [5, 5.41) is 0.944. The number of hydrogen-bond donors (Lipinski definition) is 1. The molecule has 1 N–H and O–H groups in total. The van der Waals surface area contributed by atoms with Crippen molar-refractivity contribution in [3.05, 3.63) is 83.7 Å². The van der Waals surface area contributed by atoms with Gasteiger partial charge < -0.3 is 4.98 Å². The molecule has 0 unspecified atom stereocenters. The standard InChI is InChI=1S/C23H23N3S2/c1-17-8-10-18(11-9-17)5-4-14-27-20-12-13-24-19(15-20)16-28-23-25-21-6-2-3-7-22(21)26-23/h2-3,6-13,15H,4-5,14,16H2,1H3,(H,25,26). The predicted octanol–water partition coefficient (Wildman–Crippen LogP) is 6.28. The van der Waals surface area contributed by atoms with Crippen molar-refractivity contribution in [3.8, 4) is 0 Å². The fraction of sp³-hybridized carbons (Fsp3) is 0.217. The molecule has 0 aliphatic heterocycles. The zero-order chi connectivity index (χ0) is 19.2. The van der Waals surface area contributed by atoms with Crippen molar-refractivity contribution in [3.63, 3.8) is 0 Å². The van der Waals surface area contributed by atoms with Crippen LogP contribution in [0.4, 0.5) is 0 Å². The molecule has 0 atom stereocenters. The maximum Gasteiger partial charge on any atom is 0.166 e. The zero-order valence-corrected chi connectivity index (χ0v) is 17.5. The summed E-state index contributed by atoms with van der Waals surface area (Å²) in [7, 11) is 0. The lowest BCUT2D eigenvalue weighted by molar-refractivity contribution is 0.932. The van der Waals surface area contributed by atoms with E-state index in [2.05, 4.69) is 64.3 Å². The topological polar surface area (TPSA) is 41.6 Å². The first-order chi connectivity index (χ1) is 13.8. The zero-order valence-electron chi connectivity index (χ0n) is 15.9. The number of rotatable bonds is 8. The first-order valence-corrected chi connectivity index (χ1v) is 11.4. The summed E-state index contributed by atoms with van der Waals surface area (Å²) in [6, 6.07) is 21.3. The third-order valence-corrected chi connectivity index (χ3v) is 6.50. The molecule has 2 heterocycles. The largest absolute Gasteiger partial charge is 0.333 e. The molecule has 28 heavy (non-hydrogen) atoms. The number of benzene rings is 2. The number of para-hydroxylation sites is 2. The van der Waals surface area contributed by atoms with Gasteiger partial charge in [-0.05, 0) is 55.3 Å². The van der Waals surface area contributed by atoms with E-state index in [1.54, 1.807) is 11.8 Å². The molecular formula is C23H23N3S2. The van der Waals surface area contributed by atoms with Crippen LogP contribution in [0, 0.1) is 6.92 Å². The summed E-state index contributed by atoms with van der Waals surface area (Å²) in [6.45, 7) is 2.13. The van der Waals surface area contributed by atoms with Gasteiger partial charge in [-0.2, -0.15) is 0 Å². The van der Waals surface area contributed by atoms with Crippen LogP contribution in [0.15, 0.2) is 76.9 Å². The van der Waals surface area contributed by atoms with Gasteiger partial charge in [0, 0.05) is 16.8 Å². The summed E-state index contributed by atoms with van der Waals surface area (Å²) >= 11 is 3.61.